The van der Waals surface area contributed by atoms with Crippen molar-refractivity contribution in [2.75, 3.05) is 13.1 Å². The second-order valence-corrected chi connectivity index (χ2v) is 7.19. The summed E-state index contributed by atoms with van der Waals surface area (Å²) < 4.78 is 27.0. The van der Waals surface area contributed by atoms with E-state index in [1.54, 1.807) is 13.0 Å². The number of nitrogens with one attached hydrogen (secondary N) is 2. The molecule has 0 bridgehead atoms. The Balaban J connectivity index is 1.64. The summed E-state index contributed by atoms with van der Waals surface area (Å²) in [5.41, 5.74) is 1.73. The van der Waals surface area contributed by atoms with E-state index in [-0.39, 0.29) is 31.1 Å². The quantitative estimate of drug-likeness (QED) is 0.796. The Labute approximate surface area is 162 Å². The van der Waals surface area contributed by atoms with Gasteiger partial charge in [-0.25, -0.2) is 8.78 Å². The number of carbonyl (C=O) groups excluding carboxylic acids is 2. The van der Waals surface area contributed by atoms with Crippen molar-refractivity contribution in [1.82, 2.24) is 20.4 Å². The Bertz CT molecular complexity index is 832. The van der Waals surface area contributed by atoms with Gasteiger partial charge in [-0.05, 0) is 25.8 Å². The van der Waals surface area contributed by atoms with E-state index >= 15 is 0 Å². The van der Waals surface area contributed by atoms with Crippen LogP contribution in [0.3, 0.4) is 0 Å². The highest BCUT2D eigenvalue weighted by Gasteiger charge is 2.41. The molecule has 6 nitrogen and oxygen atoms in total. The van der Waals surface area contributed by atoms with Gasteiger partial charge in [0.1, 0.15) is 11.7 Å². The number of benzene rings is 1. The monoisotopic (exact) mass is 390 g/mol. The van der Waals surface area contributed by atoms with E-state index in [0.717, 1.165) is 12.5 Å². The molecule has 2 amide bonds. The number of alkyl halides is 2. The van der Waals surface area contributed by atoms with E-state index in [0.29, 0.717) is 12.1 Å². The average Bonchev–Trinajstić information content (AvgIpc) is 3.35. The molecule has 2 atom stereocenters. The normalized spacial score (nSPS) is 18.1. The smallest absolute Gasteiger partial charge is 0.269 e. The second kappa shape index (κ2) is 8.08. The minimum atomic E-state index is -2.82. The molecule has 1 aliphatic heterocycles. The van der Waals surface area contributed by atoms with Gasteiger partial charge < -0.3 is 10.2 Å². The molecule has 0 radical (unpaired) electrons. The van der Waals surface area contributed by atoms with E-state index in [9.17, 15) is 18.4 Å². The minimum Gasteiger partial charge on any atom is -0.340 e. The molecule has 2 heterocycles. The molecule has 8 heteroatoms. The molecule has 150 valence electrons. The first-order valence-electron chi connectivity index (χ1n) is 9.38. The van der Waals surface area contributed by atoms with Crippen molar-refractivity contribution in [3.63, 3.8) is 0 Å². The van der Waals surface area contributed by atoms with Crippen molar-refractivity contribution in [3.8, 4) is 11.3 Å². The third kappa shape index (κ3) is 4.37. The number of hydrogen-bond acceptors (Lipinski definition) is 3. The molecule has 3 rings (SSSR count). The maximum atomic E-state index is 13.5. The Morgan fingerprint density at radius 1 is 1.36 bits per heavy atom. The van der Waals surface area contributed by atoms with Gasteiger partial charge in [0.15, 0.2) is 0 Å². The number of nitrogens with zero attached hydrogens (tertiary/aromatic N) is 2. The fourth-order valence-electron chi connectivity index (χ4n) is 3.36. The van der Waals surface area contributed by atoms with Crippen molar-refractivity contribution in [3.05, 3.63) is 42.1 Å². The van der Waals surface area contributed by atoms with Gasteiger partial charge in [-0.2, -0.15) is 5.10 Å². The molecule has 1 saturated heterocycles. The number of aromatic nitrogens is 2. The minimum absolute atomic E-state index is 0.0108. The van der Waals surface area contributed by atoms with Crippen LogP contribution in [0.5, 0.6) is 0 Å². The highest BCUT2D eigenvalue weighted by atomic mass is 19.3. The molecule has 0 spiro atoms. The summed E-state index contributed by atoms with van der Waals surface area (Å²) in [4.78, 5) is 26.6. The fraction of sp³-hybridized carbons (Fsp3) is 0.450. The SMILES string of the molecule is CCC(NC(=O)c1cc(-c2ccccc2)n[nH]1)C(=O)N1CCC(C(C)(F)F)C1. The lowest BCUT2D eigenvalue weighted by Gasteiger charge is -2.24. The summed E-state index contributed by atoms with van der Waals surface area (Å²) in [7, 11) is 0. The summed E-state index contributed by atoms with van der Waals surface area (Å²) >= 11 is 0. The zero-order valence-electron chi connectivity index (χ0n) is 15.9. The van der Waals surface area contributed by atoms with Crippen molar-refractivity contribution in [2.45, 2.75) is 38.7 Å². The van der Waals surface area contributed by atoms with Crippen molar-refractivity contribution in [2.24, 2.45) is 5.92 Å². The summed E-state index contributed by atoms with van der Waals surface area (Å²) in [6.45, 7) is 2.94. The molecule has 1 fully saturated rings. The van der Waals surface area contributed by atoms with Crippen LogP contribution in [-0.4, -0.2) is 52.0 Å². The number of rotatable bonds is 6. The van der Waals surface area contributed by atoms with Gasteiger partial charge in [0.25, 0.3) is 5.91 Å². The van der Waals surface area contributed by atoms with Crippen LogP contribution in [-0.2, 0) is 4.79 Å². The molecule has 2 aromatic rings. The first-order valence-corrected chi connectivity index (χ1v) is 9.38. The molecule has 1 aliphatic rings. The van der Waals surface area contributed by atoms with E-state index in [1.165, 1.54) is 4.90 Å². The molecule has 2 N–H and O–H groups in total. The molecule has 0 aliphatic carbocycles. The summed E-state index contributed by atoms with van der Waals surface area (Å²) in [5, 5.41) is 9.51. The fourth-order valence-corrected chi connectivity index (χ4v) is 3.36. The molecule has 0 saturated carbocycles. The molecule has 1 aromatic heterocycles. The first kappa shape index (κ1) is 20.0. The molecular weight excluding hydrogens is 366 g/mol. The predicted octanol–water partition coefficient (Wildman–Crippen LogP) is 3.09. The van der Waals surface area contributed by atoms with Gasteiger partial charge >= 0.3 is 0 Å². The second-order valence-electron chi connectivity index (χ2n) is 7.19. The van der Waals surface area contributed by atoms with Gasteiger partial charge in [0.2, 0.25) is 11.8 Å². The lowest BCUT2D eigenvalue weighted by atomic mass is 10.0. The molecule has 28 heavy (non-hydrogen) atoms. The summed E-state index contributed by atoms with van der Waals surface area (Å²) in [6, 6.07) is 10.2. The van der Waals surface area contributed by atoms with Crippen LogP contribution < -0.4 is 5.32 Å². The molecule has 2 unspecified atom stereocenters. The number of aromatic amines is 1. The molecule has 1 aromatic carbocycles. The maximum Gasteiger partial charge on any atom is 0.269 e. The van der Waals surface area contributed by atoms with E-state index in [2.05, 4.69) is 15.5 Å². The number of amides is 2. The summed E-state index contributed by atoms with van der Waals surface area (Å²) in [6.07, 6.45) is 0.633. The predicted molar refractivity (Wildman–Crippen MR) is 101 cm³/mol. The van der Waals surface area contributed by atoms with E-state index in [4.69, 9.17) is 0 Å². The Kier molecular flexibility index (Phi) is 5.76. The standard InChI is InChI=1S/C20H24F2N4O2/c1-3-15(19(28)26-10-9-14(12-26)20(2,21)22)23-18(27)17-11-16(24-25-17)13-7-5-4-6-8-13/h4-8,11,14-15H,3,9-10,12H2,1-2H3,(H,23,27)(H,24,25). The highest BCUT2D eigenvalue weighted by Crippen LogP contribution is 2.32. The van der Waals surface area contributed by atoms with Crippen LogP contribution in [0.2, 0.25) is 0 Å². The number of likely N-dealkylation sites (tertiary alicyclic amines) is 1. The number of H-pyrrole nitrogens is 1. The molecular formula is C20H24F2N4O2. The van der Waals surface area contributed by atoms with Gasteiger partial charge in [-0.1, -0.05) is 37.3 Å². The Morgan fingerprint density at radius 2 is 2.07 bits per heavy atom. The number of carbonyl (C=O) groups is 2. The third-order valence-corrected chi connectivity index (χ3v) is 5.12. The van der Waals surface area contributed by atoms with Crippen molar-refractivity contribution < 1.29 is 18.4 Å². The maximum absolute atomic E-state index is 13.5. The first-order chi connectivity index (χ1) is 13.3. The third-order valence-electron chi connectivity index (χ3n) is 5.12. The highest BCUT2D eigenvalue weighted by molar-refractivity contribution is 5.96. The Hall–Kier alpha value is -2.77. The van der Waals surface area contributed by atoms with Gasteiger partial charge in [0, 0.05) is 24.6 Å². The van der Waals surface area contributed by atoms with Crippen LogP contribution in [0, 0.1) is 5.92 Å². The van der Waals surface area contributed by atoms with Crippen LogP contribution in [0.1, 0.15) is 37.2 Å². The lowest BCUT2D eigenvalue weighted by molar-refractivity contribution is -0.133. The van der Waals surface area contributed by atoms with E-state index in [1.807, 2.05) is 30.3 Å². The van der Waals surface area contributed by atoms with Crippen LogP contribution in [0.4, 0.5) is 8.78 Å². The number of hydrogen-bond donors (Lipinski definition) is 2. The summed E-state index contributed by atoms with van der Waals surface area (Å²) in [5.74, 6) is -4.44. The largest absolute Gasteiger partial charge is 0.340 e. The Morgan fingerprint density at radius 3 is 2.68 bits per heavy atom. The average molecular weight is 390 g/mol. The van der Waals surface area contributed by atoms with Gasteiger partial charge in [0.05, 0.1) is 5.69 Å². The van der Waals surface area contributed by atoms with Crippen LogP contribution in [0.15, 0.2) is 36.4 Å². The van der Waals surface area contributed by atoms with Crippen LogP contribution >= 0.6 is 0 Å². The van der Waals surface area contributed by atoms with Gasteiger partial charge in [-0.3, -0.25) is 14.7 Å². The lowest BCUT2D eigenvalue weighted by Crippen LogP contribution is -2.48. The topological polar surface area (TPSA) is 78.1 Å². The van der Waals surface area contributed by atoms with Crippen molar-refractivity contribution >= 4 is 11.8 Å². The zero-order valence-corrected chi connectivity index (χ0v) is 15.9. The zero-order chi connectivity index (χ0) is 20.3. The number of halogens is 2. The van der Waals surface area contributed by atoms with Crippen molar-refractivity contribution in [1.29, 1.82) is 0 Å². The van der Waals surface area contributed by atoms with E-state index < -0.39 is 23.8 Å². The van der Waals surface area contributed by atoms with Crippen LogP contribution in [0.25, 0.3) is 11.3 Å². The van der Waals surface area contributed by atoms with Gasteiger partial charge in [-0.15, -0.1) is 0 Å².